The highest BCUT2D eigenvalue weighted by molar-refractivity contribution is 5.91. The number of nitriles is 1. The van der Waals surface area contributed by atoms with Gasteiger partial charge in [0.25, 0.3) is 5.56 Å². The van der Waals surface area contributed by atoms with Crippen LogP contribution in [0.4, 0.5) is 5.69 Å². The molecule has 25 heavy (non-hydrogen) atoms. The monoisotopic (exact) mass is 341 g/mol. The summed E-state index contributed by atoms with van der Waals surface area (Å²) >= 11 is 0. The lowest BCUT2D eigenvalue weighted by molar-refractivity contribution is -0.116. The van der Waals surface area contributed by atoms with Gasteiger partial charge >= 0.3 is 0 Å². The zero-order chi connectivity index (χ0) is 18.6. The van der Waals surface area contributed by atoms with Gasteiger partial charge in [0.05, 0.1) is 14.2 Å². The average molecular weight is 341 g/mol. The van der Waals surface area contributed by atoms with Gasteiger partial charge in [0.1, 0.15) is 29.7 Å². The van der Waals surface area contributed by atoms with Gasteiger partial charge in [-0.05, 0) is 25.5 Å². The molecule has 0 unspecified atom stereocenters. The van der Waals surface area contributed by atoms with E-state index in [2.05, 4.69) is 5.32 Å². The van der Waals surface area contributed by atoms with E-state index in [1.165, 1.54) is 18.8 Å². The molecule has 7 nitrogen and oxygen atoms in total. The van der Waals surface area contributed by atoms with E-state index in [1.807, 2.05) is 6.07 Å². The maximum absolute atomic E-state index is 12.4. The molecule has 0 radical (unpaired) electrons. The maximum atomic E-state index is 12.4. The first-order valence-electron chi connectivity index (χ1n) is 7.53. The van der Waals surface area contributed by atoms with Gasteiger partial charge in [-0.1, -0.05) is 0 Å². The molecule has 0 fully saturated rings. The Morgan fingerprint density at radius 2 is 1.76 bits per heavy atom. The van der Waals surface area contributed by atoms with Gasteiger partial charge in [-0.3, -0.25) is 9.59 Å². The number of hydrogen-bond acceptors (Lipinski definition) is 5. The minimum atomic E-state index is -0.474. The lowest BCUT2D eigenvalue weighted by Gasteiger charge is -2.13. The third-order valence-corrected chi connectivity index (χ3v) is 3.75. The van der Waals surface area contributed by atoms with Crippen molar-refractivity contribution in [3.63, 3.8) is 0 Å². The van der Waals surface area contributed by atoms with Crippen LogP contribution in [0, 0.1) is 25.2 Å². The Hall–Kier alpha value is -3.27. The van der Waals surface area contributed by atoms with Crippen LogP contribution in [0.15, 0.2) is 29.1 Å². The van der Waals surface area contributed by atoms with Crippen molar-refractivity contribution >= 4 is 11.6 Å². The largest absolute Gasteiger partial charge is 0.497 e. The molecule has 0 bridgehead atoms. The van der Waals surface area contributed by atoms with Crippen molar-refractivity contribution in [3.8, 4) is 17.6 Å². The van der Waals surface area contributed by atoms with Crippen LogP contribution in [-0.4, -0.2) is 24.7 Å². The van der Waals surface area contributed by atoms with Crippen molar-refractivity contribution in [2.24, 2.45) is 0 Å². The highest BCUT2D eigenvalue weighted by Gasteiger charge is 2.13. The Morgan fingerprint density at radius 1 is 1.16 bits per heavy atom. The second-order valence-corrected chi connectivity index (χ2v) is 5.50. The second-order valence-electron chi connectivity index (χ2n) is 5.50. The van der Waals surface area contributed by atoms with E-state index >= 15 is 0 Å². The van der Waals surface area contributed by atoms with Crippen LogP contribution in [0.2, 0.25) is 0 Å². The molecule has 2 rings (SSSR count). The minimum Gasteiger partial charge on any atom is -0.497 e. The molecule has 0 aliphatic heterocycles. The lowest BCUT2D eigenvalue weighted by Crippen LogP contribution is -2.31. The number of methoxy groups -OCH3 is 2. The number of hydrogen-bond donors (Lipinski definition) is 1. The number of aromatic nitrogens is 1. The van der Waals surface area contributed by atoms with Gasteiger partial charge in [0.15, 0.2) is 0 Å². The molecule has 2 aromatic rings. The number of ether oxygens (including phenoxy) is 2. The quantitative estimate of drug-likeness (QED) is 0.898. The molecule has 0 aliphatic rings. The van der Waals surface area contributed by atoms with Gasteiger partial charge in [0, 0.05) is 29.6 Å². The number of carbonyl (C=O) groups is 1. The molecular weight excluding hydrogens is 322 g/mol. The number of amides is 1. The van der Waals surface area contributed by atoms with Crippen LogP contribution in [0.5, 0.6) is 11.5 Å². The highest BCUT2D eigenvalue weighted by atomic mass is 16.5. The van der Waals surface area contributed by atoms with E-state index in [4.69, 9.17) is 14.7 Å². The minimum absolute atomic E-state index is 0.0430. The topological polar surface area (TPSA) is 93.4 Å². The lowest BCUT2D eigenvalue weighted by atomic mass is 10.1. The molecule has 0 atom stereocenters. The molecule has 1 aromatic carbocycles. The molecule has 1 N–H and O–H groups in total. The van der Waals surface area contributed by atoms with Crippen LogP contribution < -0.4 is 20.3 Å². The number of benzene rings is 1. The Morgan fingerprint density at radius 3 is 2.28 bits per heavy atom. The molecule has 0 saturated carbocycles. The van der Waals surface area contributed by atoms with E-state index < -0.39 is 11.5 Å². The first-order chi connectivity index (χ1) is 11.9. The van der Waals surface area contributed by atoms with Gasteiger partial charge in [0.2, 0.25) is 5.91 Å². The molecule has 1 aromatic heterocycles. The Balaban J connectivity index is 2.28. The van der Waals surface area contributed by atoms with E-state index in [1.54, 1.807) is 38.1 Å². The van der Waals surface area contributed by atoms with Crippen molar-refractivity contribution in [3.05, 3.63) is 51.4 Å². The fraction of sp³-hybridized carbons (Fsp3) is 0.278. The Labute approximate surface area is 145 Å². The number of nitrogens with zero attached hydrogens (tertiary/aromatic N) is 2. The summed E-state index contributed by atoms with van der Waals surface area (Å²) in [5.41, 5.74) is 1.26. The first-order valence-corrected chi connectivity index (χ1v) is 7.53. The zero-order valence-corrected chi connectivity index (χ0v) is 14.5. The zero-order valence-electron chi connectivity index (χ0n) is 14.5. The van der Waals surface area contributed by atoms with Crippen molar-refractivity contribution in [2.75, 3.05) is 19.5 Å². The van der Waals surface area contributed by atoms with Crippen molar-refractivity contribution in [1.29, 1.82) is 5.26 Å². The summed E-state index contributed by atoms with van der Waals surface area (Å²) < 4.78 is 11.6. The normalized spacial score (nSPS) is 10.0. The van der Waals surface area contributed by atoms with Gasteiger partial charge in [-0.2, -0.15) is 5.26 Å². The SMILES string of the molecule is COc1cc(NC(=O)Cn2c(C)cc(C)c(C#N)c2=O)cc(OC)c1. The second kappa shape index (κ2) is 7.53. The number of anilines is 1. The standard InChI is InChI=1S/C18H19N3O4/c1-11-5-12(2)21(18(23)16(11)9-19)10-17(22)20-13-6-14(24-3)8-15(7-13)25-4/h5-8H,10H2,1-4H3,(H,20,22). The third kappa shape index (κ3) is 3.98. The fourth-order valence-electron chi connectivity index (χ4n) is 2.48. The molecule has 1 amide bonds. The number of pyridine rings is 1. The van der Waals surface area contributed by atoms with E-state index in [-0.39, 0.29) is 12.1 Å². The third-order valence-electron chi connectivity index (χ3n) is 3.75. The van der Waals surface area contributed by atoms with Crippen LogP contribution >= 0.6 is 0 Å². The molecular formula is C18H19N3O4. The van der Waals surface area contributed by atoms with Crippen molar-refractivity contribution in [2.45, 2.75) is 20.4 Å². The molecule has 0 saturated heterocycles. The molecule has 1 heterocycles. The number of rotatable bonds is 5. The summed E-state index contributed by atoms with van der Waals surface area (Å²) in [6, 6.07) is 8.57. The average Bonchev–Trinajstić information content (AvgIpc) is 2.58. The van der Waals surface area contributed by atoms with E-state index in [9.17, 15) is 9.59 Å². The van der Waals surface area contributed by atoms with Crippen LogP contribution in [0.3, 0.4) is 0 Å². The molecule has 7 heteroatoms. The summed E-state index contributed by atoms with van der Waals surface area (Å²) in [7, 11) is 3.03. The molecule has 0 aliphatic carbocycles. The smallest absolute Gasteiger partial charge is 0.269 e. The van der Waals surface area contributed by atoms with Crippen molar-refractivity contribution in [1.82, 2.24) is 4.57 Å². The van der Waals surface area contributed by atoms with Gasteiger partial charge < -0.3 is 19.4 Å². The summed E-state index contributed by atoms with van der Waals surface area (Å²) in [6.07, 6.45) is 0. The first kappa shape index (κ1) is 18.1. The maximum Gasteiger partial charge on any atom is 0.269 e. The summed E-state index contributed by atoms with van der Waals surface area (Å²) in [5.74, 6) is 0.670. The van der Waals surface area contributed by atoms with E-state index in [0.29, 0.717) is 28.4 Å². The van der Waals surface area contributed by atoms with Crippen molar-refractivity contribution < 1.29 is 14.3 Å². The number of carbonyl (C=O) groups excluding carboxylic acids is 1. The summed E-state index contributed by atoms with van der Waals surface area (Å²) in [5, 5.41) is 11.8. The molecule has 130 valence electrons. The van der Waals surface area contributed by atoms with Crippen LogP contribution in [-0.2, 0) is 11.3 Å². The summed E-state index contributed by atoms with van der Waals surface area (Å²) in [6.45, 7) is 3.22. The van der Waals surface area contributed by atoms with Gasteiger partial charge in [-0.25, -0.2) is 0 Å². The highest BCUT2D eigenvalue weighted by Crippen LogP contribution is 2.25. The fourth-order valence-corrected chi connectivity index (χ4v) is 2.48. The Bertz CT molecular complexity index is 888. The van der Waals surface area contributed by atoms with E-state index in [0.717, 1.165) is 0 Å². The number of nitrogens with one attached hydrogen (secondary N) is 1. The van der Waals surface area contributed by atoms with Gasteiger partial charge in [-0.15, -0.1) is 0 Å². The van der Waals surface area contributed by atoms with Crippen LogP contribution in [0.25, 0.3) is 0 Å². The van der Waals surface area contributed by atoms with Crippen LogP contribution in [0.1, 0.15) is 16.8 Å². The predicted octanol–water partition coefficient (Wildman–Crippen LogP) is 1.99. The summed E-state index contributed by atoms with van der Waals surface area (Å²) in [4.78, 5) is 24.7. The Kier molecular flexibility index (Phi) is 5.45. The number of aryl methyl sites for hydroxylation is 2. The molecule has 0 spiro atoms. The predicted molar refractivity (Wildman–Crippen MR) is 93.1 cm³/mol.